The molecule has 1 atom stereocenters. The van der Waals surface area contributed by atoms with E-state index in [-0.39, 0.29) is 5.91 Å². The molecule has 1 N–H and O–H groups in total. The molecule has 124 valence electrons. The summed E-state index contributed by atoms with van der Waals surface area (Å²) < 4.78 is 6.87. The van der Waals surface area contributed by atoms with Gasteiger partial charge in [-0.1, -0.05) is 0 Å². The van der Waals surface area contributed by atoms with Crippen LogP contribution in [0.4, 0.5) is 0 Å². The van der Waals surface area contributed by atoms with Crippen molar-refractivity contribution in [2.75, 3.05) is 19.6 Å². The monoisotopic (exact) mass is 316 g/mol. The first-order valence-electron chi connectivity index (χ1n) is 8.21. The largest absolute Gasteiger partial charge is 0.472 e. The highest BCUT2D eigenvalue weighted by atomic mass is 16.3. The van der Waals surface area contributed by atoms with Crippen LogP contribution in [0.25, 0.3) is 0 Å². The molecular weight excluding hydrogens is 292 g/mol. The molecule has 0 bridgehead atoms. The lowest BCUT2D eigenvalue weighted by Gasteiger charge is -2.15. The van der Waals surface area contributed by atoms with E-state index < -0.39 is 0 Å². The summed E-state index contributed by atoms with van der Waals surface area (Å²) in [6.45, 7) is 8.33. The minimum atomic E-state index is -0.0271. The van der Waals surface area contributed by atoms with Crippen LogP contribution in [0.1, 0.15) is 35.1 Å². The van der Waals surface area contributed by atoms with Crippen molar-refractivity contribution in [3.63, 3.8) is 0 Å². The first-order chi connectivity index (χ1) is 11.2. The van der Waals surface area contributed by atoms with Crippen LogP contribution in [0, 0.1) is 12.8 Å². The predicted molar refractivity (Wildman–Crippen MR) is 87.1 cm³/mol. The Morgan fingerprint density at radius 1 is 1.52 bits per heavy atom. The van der Waals surface area contributed by atoms with Gasteiger partial charge in [-0.05, 0) is 44.9 Å². The molecule has 1 fully saturated rings. The van der Waals surface area contributed by atoms with E-state index in [1.165, 1.54) is 5.56 Å². The molecule has 1 aliphatic rings. The summed E-state index contributed by atoms with van der Waals surface area (Å²) in [7, 11) is 0. The van der Waals surface area contributed by atoms with Gasteiger partial charge in [0.05, 0.1) is 18.2 Å². The van der Waals surface area contributed by atoms with Crippen molar-refractivity contribution in [3.8, 4) is 0 Å². The molecule has 2 aromatic heterocycles. The van der Waals surface area contributed by atoms with Crippen molar-refractivity contribution in [3.05, 3.63) is 41.6 Å². The summed E-state index contributed by atoms with van der Waals surface area (Å²) in [5.74, 6) is 0.477. The van der Waals surface area contributed by atoms with Crippen LogP contribution in [-0.2, 0) is 13.1 Å². The van der Waals surface area contributed by atoms with Crippen LogP contribution in [-0.4, -0.2) is 40.2 Å². The SMILES string of the molecule is CCn1nc(C)cc1C(=O)NC[C@@H]1CCN(Cc2ccoc2)C1. The van der Waals surface area contributed by atoms with Gasteiger partial charge in [0, 0.05) is 31.7 Å². The third-order valence-corrected chi connectivity index (χ3v) is 4.34. The minimum Gasteiger partial charge on any atom is -0.472 e. The molecule has 23 heavy (non-hydrogen) atoms. The smallest absolute Gasteiger partial charge is 0.269 e. The number of likely N-dealkylation sites (tertiary alicyclic amines) is 1. The van der Waals surface area contributed by atoms with Crippen molar-refractivity contribution >= 4 is 5.91 Å². The maximum Gasteiger partial charge on any atom is 0.269 e. The van der Waals surface area contributed by atoms with Gasteiger partial charge in [-0.25, -0.2) is 0 Å². The van der Waals surface area contributed by atoms with Gasteiger partial charge in [-0.2, -0.15) is 5.10 Å². The van der Waals surface area contributed by atoms with Crippen molar-refractivity contribution in [2.45, 2.75) is 33.4 Å². The zero-order valence-electron chi connectivity index (χ0n) is 13.8. The highest BCUT2D eigenvalue weighted by Crippen LogP contribution is 2.18. The minimum absolute atomic E-state index is 0.0271. The third kappa shape index (κ3) is 3.82. The summed E-state index contributed by atoms with van der Waals surface area (Å²) >= 11 is 0. The van der Waals surface area contributed by atoms with E-state index in [0.29, 0.717) is 24.7 Å². The maximum absolute atomic E-state index is 12.3. The van der Waals surface area contributed by atoms with E-state index in [2.05, 4.69) is 15.3 Å². The van der Waals surface area contributed by atoms with Gasteiger partial charge >= 0.3 is 0 Å². The molecule has 1 amide bonds. The van der Waals surface area contributed by atoms with E-state index in [4.69, 9.17) is 4.42 Å². The third-order valence-electron chi connectivity index (χ3n) is 4.34. The van der Waals surface area contributed by atoms with Gasteiger partial charge in [-0.3, -0.25) is 14.4 Å². The fraction of sp³-hybridized carbons (Fsp3) is 0.529. The number of carbonyl (C=O) groups excluding carboxylic acids is 1. The van der Waals surface area contributed by atoms with Crippen molar-refractivity contribution < 1.29 is 9.21 Å². The molecule has 6 nitrogen and oxygen atoms in total. The summed E-state index contributed by atoms with van der Waals surface area (Å²) in [6.07, 6.45) is 4.62. The number of nitrogens with zero attached hydrogens (tertiary/aromatic N) is 3. The van der Waals surface area contributed by atoms with Crippen LogP contribution in [0.2, 0.25) is 0 Å². The van der Waals surface area contributed by atoms with Gasteiger partial charge in [0.25, 0.3) is 5.91 Å². The second kappa shape index (κ2) is 7.00. The Morgan fingerprint density at radius 3 is 3.13 bits per heavy atom. The number of hydrogen-bond donors (Lipinski definition) is 1. The van der Waals surface area contributed by atoms with E-state index >= 15 is 0 Å². The topological polar surface area (TPSA) is 63.3 Å². The maximum atomic E-state index is 12.3. The number of amides is 1. The first kappa shape index (κ1) is 15.8. The second-order valence-corrected chi connectivity index (χ2v) is 6.22. The predicted octanol–water partition coefficient (Wildman–Crippen LogP) is 2.06. The van der Waals surface area contributed by atoms with Gasteiger partial charge in [0.1, 0.15) is 5.69 Å². The number of aromatic nitrogens is 2. The molecule has 1 saturated heterocycles. The van der Waals surface area contributed by atoms with Gasteiger partial charge < -0.3 is 9.73 Å². The zero-order chi connectivity index (χ0) is 16.2. The molecule has 0 saturated carbocycles. The van der Waals surface area contributed by atoms with Crippen LogP contribution >= 0.6 is 0 Å². The molecular formula is C17H24N4O2. The standard InChI is InChI=1S/C17H24N4O2/c1-3-21-16(8-13(2)19-21)17(22)18-9-14-4-6-20(10-14)11-15-5-7-23-12-15/h5,7-8,12,14H,3-4,6,9-11H2,1-2H3,(H,18,22)/t14-/m0/s1. The first-order valence-corrected chi connectivity index (χ1v) is 8.21. The summed E-state index contributed by atoms with van der Waals surface area (Å²) in [5.41, 5.74) is 2.74. The lowest BCUT2D eigenvalue weighted by Crippen LogP contribution is -2.32. The lowest BCUT2D eigenvalue weighted by atomic mass is 10.1. The Balaban J connectivity index is 1.48. The lowest BCUT2D eigenvalue weighted by molar-refractivity contribution is 0.0936. The molecule has 3 heterocycles. The molecule has 0 unspecified atom stereocenters. The Hall–Kier alpha value is -2.08. The van der Waals surface area contributed by atoms with Crippen molar-refractivity contribution in [1.29, 1.82) is 0 Å². The number of nitrogens with one attached hydrogen (secondary N) is 1. The molecule has 0 radical (unpaired) electrons. The number of hydrogen-bond acceptors (Lipinski definition) is 4. The highest BCUT2D eigenvalue weighted by Gasteiger charge is 2.23. The number of rotatable bonds is 6. The highest BCUT2D eigenvalue weighted by molar-refractivity contribution is 5.92. The van der Waals surface area contributed by atoms with Crippen LogP contribution < -0.4 is 5.32 Å². The molecule has 0 spiro atoms. The Kier molecular flexibility index (Phi) is 4.81. The van der Waals surface area contributed by atoms with Crippen molar-refractivity contribution in [2.24, 2.45) is 5.92 Å². The summed E-state index contributed by atoms with van der Waals surface area (Å²) in [5, 5.41) is 7.39. The van der Waals surface area contributed by atoms with Gasteiger partial charge in [0.15, 0.2) is 0 Å². The molecule has 0 aliphatic carbocycles. The van der Waals surface area contributed by atoms with Crippen LogP contribution in [0.5, 0.6) is 0 Å². The quantitative estimate of drug-likeness (QED) is 0.886. The molecule has 2 aromatic rings. The van der Waals surface area contributed by atoms with Crippen LogP contribution in [0.3, 0.4) is 0 Å². The zero-order valence-corrected chi connectivity index (χ0v) is 13.8. The average Bonchev–Trinajstić information content (AvgIpc) is 3.26. The summed E-state index contributed by atoms with van der Waals surface area (Å²) in [4.78, 5) is 14.7. The number of carbonyl (C=O) groups is 1. The number of furan rings is 1. The van der Waals surface area contributed by atoms with Crippen molar-refractivity contribution in [1.82, 2.24) is 20.0 Å². The number of aryl methyl sites for hydroxylation is 2. The van der Waals surface area contributed by atoms with Gasteiger partial charge in [-0.15, -0.1) is 0 Å². The molecule has 3 rings (SSSR count). The van der Waals surface area contributed by atoms with Crippen LogP contribution in [0.15, 0.2) is 29.1 Å². The average molecular weight is 316 g/mol. The van der Waals surface area contributed by atoms with E-state index in [9.17, 15) is 4.79 Å². The summed E-state index contributed by atoms with van der Waals surface area (Å²) in [6, 6.07) is 3.85. The normalized spacial score (nSPS) is 18.4. The van der Waals surface area contributed by atoms with E-state index in [0.717, 1.165) is 31.7 Å². The fourth-order valence-corrected chi connectivity index (χ4v) is 3.16. The van der Waals surface area contributed by atoms with Gasteiger partial charge in [0.2, 0.25) is 0 Å². The molecule has 6 heteroatoms. The molecule has 0 aromatic carbocycles. The molecule has 1 aliphatic heterocycles. The van der Waals surface area contributed by atoms with E-state index in [1.807, 2.05) is 26.0 Å². The Morgan fingerprint density at radius 2 is 2.39 bits per heavy atom. The second-order valence-electron chi connectivity index (χ2n) is 6.22. The van der Waals surface area contributed by atoms with E-state index in [1.54, 1.807) is 17.2 Å². The Labute approximate surface area is 136 Å². The fourth-order valence-electron chi connectivity index (χ4n) is 3.16. The Bertz CT molecular complexity index is 648.